The van der Waals surface area contributed by atoms with Gasteiger partial charge in [0.15, 0.2) is 0 Å². The molecule has 1 aromatic rings. The highest BCUT2D eigenvalue weighted by atomic mass is 32.1. The van der Waals surface area contributed by atoms with Gasteiger partial charge in [0.1, 0.15) is 6.54 Å². The number of hydrogen-bond acceptors (Lipinski definition) is 4. The smallest absolute Gasteiger partial charge is 0.323 e. The molecule has 0 aliphatic carbocycles. The van der Waals surface area contributed by atoms with Crippen molar-refractivity contribution in [1.82, 2.24) is 9.47 Å². The van der Waals surface area contributed by atoms with Crippen molar-refractivity contribution in [3.05, 3.63) is 20.7 Å². The van der Waals surface area contributed by atoms with Gasteiger partial charge in [-0.2, -0.15) is 0 Å². The lowest BCUT2D eigenvalue weighted by Gasteiger charge is -2.34. The molecule has 7 heteroatoms. The predicted octanol–water partition coefficient (Wildman–Crippen LogP) is 1.71. The molecule has 0 saturated carbocycles. The number of carboxylic acid groups (broad SMARTS) is 1. The molecule has 0 aromatic carbocycles. The maximum atomic E-state index is 12.2. The van der Waals surface area contributed by atoms with Crippen LogP contribution in [0.3, 0.4) is 0 Å². The predicted molar refractivity (Wildman–Crippen MR) is 81.7 cm³/mol. The van der Waals surface area contributed by atoms with Crippen molar-refractivity contribution in [1.29, 1.82) is 0 Å². The number of aryl methyl sites for hydroxylation is 1. The summed E-state index contributed by atoms with van der Waals surface area (Å²) in [5.41, 5.74) is 0.348. The van der Waals surface area contributed by atoms with E-state index in [1.54, 1.807) is 30.7 Å². The lowest BCUT2D eigenvalue weighted by atomic mass is 10.0. The van der Waals surface area contributed by atoms with E-state index in [9.17, 15) is 14.4 Å². The number of amides is 1. The van der Waals surface area contributed by atoms with Crippen molar-refractivity contribution in [2.24, 2.45) is 0 Å². The van der Waals surface area contributed by atoms with Gasteiger partial charge in [0, 0.05) is 29.6 Å². The van der Waals surface area contributed by atoms with Gasteiger partial charge in [-0.05, 0) is 34.1 Å². The molecule has 1 rings (SSSR count). The number of thiazole rings is 1. The summed E-state index contributed by atoms with van der Waals surface area (Å²) >= 11 is 1.14. The Morgan fingerprint density at radius 3 is 2.43 bits per heavy atom. The largest absolute Gasteiger partial charge is 0.480 e. The Morgan fingerprint density at radius 2 is 2.00 bits per heavy atom. The summed E-state index contributed by atoms with van der Waals surface area (Å²) in [6, 6.07) is 0. The van der Waals surface area contributed by atoms with Gasteiger partial charge in [0.2, 0.25) is 5.91 Å². The minimum absolute atomic E-state index is 0.0295. The van der Waals surface area contributed by atoms with Crippen LogP contribution in [0.25, 0.3) is 0 Å². The fourth-order valence-electron chi connectivity index (χ4n) is 2.03. The SMILES string of the molecule is Cc1csc(=O)n1CCCC(=O)N(CC(=O)O)C(C)(C)C. The molecule has 21 heavy (non-hydrogen) atoms. The van der Waals surface area contributed by atoms with Gasteiger partial charge in [-0.15, -0.1) is 0 Å². The Labute approximate surface area is 128 Å². The molecule has 0 aliphatic heterocycles. The van der Waals surface area contributed by atoms with Gasteiger partial charge in [0.25, 0.3) is 0 Å². The second-order valence-corrected chi connectivity index (χ2v) is 6.76. The zero-order chi connectivity index (χ0) is 16.2. The van der Waals surface area contributed by atoms with Crippen LogP contribution in [-0.4, -0.2) is 38.5 Å². The minimum Gasteiger partial charge on any atom is -0.480 e. The first-order chi connectivity index (χ1) is 9.62. The third kappa shape index (κ3) is 5.00. The van der Waals surface area contributed by atoms with Crippen molar-refractivity contribution in [2.45, 2.75) is 52.6 Å². The molecule has 6 nitrogen and oxygen atoms in total. The first kappa shape index (κ1) is 17.4. The number of carbonyl (C=O) groups is 2. The molecule has 0 saturated heterocycles. The van der Waals surface area contributed by atoms with Crippen molar-refractivity contribution in [2.75, 3.05) is 6.54 Å². The van der Waals surface area contributed by atoms with Crippen LogP contribution in [0.1, 0.15) is 39.3 Å². The van der Waals surface area contributed by atoms with E-state index in [1.807, 2.05) is 6.92 Å². The zero-order valence-electron chi connectivity index (χ0n) is 12.9. The highest BCUT2D eigenvalue weighted by molar-refractivity contribution is 7.07. The van der Waals surface area contributed by atoms with Crippen molar-refractivity contribution >= 4 is 23.2 Å². The van der Waals surface area contributed by atoms with E-state index >= 15 is 0 Å². The molecular formula is C14H22N2O4S. The third-order valence-electron chi connectivity index (χ3n) is 3.15. The number of hydrogen-bond donors (Lipinski definition) is 1. The maximum absolute atomic E-state index is 12.2. The van der Waals surface area contributed by atoms with Crippen LogP contribution in [0.2, 0.25) is 0 Å². The lowest BCUT2D eigenvalue weighted by Crippen LogP contribution is -2.48. The molecule has 118 valence electrons. The number of nitrogens with zero attached hydrogens (tertiary/aromatic N) is 2. The molecule has 1 N–H and O–H groups in total. The molecule has 0 atom stereocenters. The van der Waals surface area contributed by atoms with Gasteiger partial charge < -0.3 is 14.6 Å². The van der Waals surface area contributed by atoms with Crippen LogP contribution in [-0.2, 0) is 16.1 Å². The number of carbonyl (C=O) groups excluding carboxylic acids is 1. The molecule has 1 aromatic heterocycles. The van der Waals surface area contributed by atoms with Gasteiger partial charge >= 0.3 is 10.8 Å². The van der Waals surface area contributed by atoms with Gasteiger partial charge in [-0.25, -0.2) is 0 Å². The number of carboxylic acids is 1. The molecule has 1 heterocycles. The second kappa shape index (κ2) is 6.89. The molecule has 0 bridgehead atoms. The van der Waals surface area contributed by atoms with Crippen molar-refractivity contribution < 1.29 is 14.7 Å². The standard InChI is InChI=1S/C14H22N2O4S/c1-10-9-21-13(20)15(10)7-5-6-11(17)16(8-12(18)19)14(2,3)4/h9H,5-8H2,1-4H3,(H,18,19). The Morgan fingerprint density at radius 1 is 1.38 bits per heavy atom. The van der Waals surface area contributed by atoms with Crippen LogP contribution in [0.5, 0.6) is 0 Å². The summed E-state index contributed by atoms with van der Waals surface area (Å²) in [4.78, 5) is 36.0. The average Bonchev–Trinajstić information content (AvgIpc) is 2.65. The summed E-state index contributed by atoms with van der Waals surface area (Å²) in [7, 11) is 0. The number of aromatic nitrogens is 1. The summed E-state index contributed by atoms with van der Waals surface area (Å²) in [6.07, 6.45) is 0.745. The van der Waals surface area contributed by atoms with E-state index in [0.717, 1.165) is 17.0 Å². The van der Waals surface area contributed by atoms with Crippen molar-refractivity contribution in [3.8, 4) is 0 Å². The summed E-state index contributed by atoms with van der Waals surface area (Å²) in [5.74, 6) is -1.23. The molecular weight excluding hydrogens is 292 g/mol. The Bertz CT molecular complexity index is 568. The normalized spacial score (nSPS) is 11.4. The Hall–Kier alpha value is -1.63. The fraction of sp³-hybridized carbons (Fsp3) is 0.643. The third-order valence-corrected chi connectivity index (χ3v) is 4.03. The first-order valence-corrected chi connectivity index (χ1v) is 7.68. The van der Waals surface area contributed by atoms with Crippen LogP contribution >= 0.6 is 11.3 Å². The highest BCUT2D eigenvalue weighted by Crippen LogP contribution is 2.15. The van der Waals surface area contributed by atoms with E-state index < -0.39 is 11.5 Å². The van der Waals surface area contributed by atoms with E-state index in [4.69, 9.17) is 5.11 Å². The monoisotopic (exact) mass is 314 g/mol. The van der Waals surface area contributed by atoms with E-state index in [0.29, 0.717) is 13.0 Å². The fourth-order valence-corrected chi connectivity index (χ4v) is 2.79. The molecule has 0 fully saturated rings. The minimum atomic E-state index is -1.02. The van der Waals surface area contributed by atoms with Gasteiger partial charge in [-0.3, -0.25) is 14.4 Å². The summed E-state index contributed by atoms with van der Waals surface area (Å²) < 4.78 is 1.64. The van der Waals surface area contributed by atoms with Crippen LogP contribution in [0.15, 0.2) is 10.2 Å². The first-order valence-electron chi connectivity index (χ1n) is 6.80. The van der Waals surface area contributed by atoms with Crippen LogP contribution < -0.4 is 4.87 Å². The van der Waals surface area contributed by atoms with E-state index in [1.165, 1.54) is 4.90 Å². The van der Waals surface area contributed by atoms with Crippen LogP contribution in [0, 0.1) is 6.92 Å². The quantitative estimate of drug-likeness (QED) is 0.867. The Kier molecular flexibility index (Phi) is 5.71. The summed E-state index contributed by atoms with van der Waals surface area (Å²) in [5, 5.41) is 10.7. The summed E-state index contributed by atoms with van der Waals surface area (Å²) in [6.45, 7) is 7.44. The van der Waals surface area contributed by atoms with E-state index in [2.05, 4.69) is 0 Å². The second-order valence-electron chi connectivity index (χ2n) is 5.94. The average molecular weight is 314 g/mol. The van der Waals surface area contributed by atoms with Gasteiger partial charge in [0.05, 0.1) is 0 Å². The number of rotatable bonds is 6. The maximum Gasteiger partial charge on any atom is 0.323 e. The molecule has 0 radical (unpaired) electrons. The van der Waals surface area contributed by atoms with Crippen LogP contribution in [0.4, 0.5) is 0 Å². The molecule has 0 aliphatic rings. The van der Waals surface area contributed by atoms with Crippen molar-refractivity contribution in [3.63, 3.8) is 0 Å². The molecule has 1 amide bonds. The zero-order valence-corrected chi connectivity index (χ0v) is 13.7. The topological polar surface area (TPSA) is 79.6 Å². The molecule has 0 spiro atoms. The number of aliphatic carboxylic acids is 1. The van der Waals surface area contributed by atoms with E-state index in [-0.39, 0.29) is 23.7 Å². The lowest BCUT2D eigenvalue weighted by molar-refractivity contribution is -0.148. The van der Waals surface area contributed by atoms with Gasteiger partial charge in [-0.1, -0.05) is 11.3 Å². The highest BCUT2D eigenvalue weighted by Gasteiger charge is 2.27. The Balaban J connectivity index is 2.62. The molecule has 0 unspecified atom stereocenters.